The molecule has 1 aromatic rings. The van der Waals surface area contributed by atoms with Gasteiger partial charge in [0.15, 0.2) is 0 Å². The zero-order chi connectivity index (χ0) is 11.5. The summed E-state index contributed by atoms with van der Waals surface area (Å²) in [6.07, 6.45) is 2.07. The Hall–Kier alpha value is -1.35. The van der Waals surface area contributed by atoms with Gasteiger partial charge in [-0.3, -0.25) is 0 Å². The topological polar surface area (TPSA) is 38.3 Å². The van der Waals surface area contributed by atoms with Gasteiger partial charge in [-0.2, -0.15) is 0 Å². The Kier molecular flexibility index (Phi) is 3.25. The van der Waals surface area contributed by atoms with Crippen LogP contribution in [-0.2, 0) is 17.6 Å². The lowest BCUT2D eigenvalue weighted by Gasteiger charge is -2.08. The van der Waals surface area contributed by atoms with Crippen molar-refractivity contribution < 1.29 is 9.53 Å². The van der Waals surface area contributed by atoms with Crippen molar-refractivity contribution >= 4 is 5.97 Å². The molecule has 0 saturated heterocycles. The van der Waals surface area contributed by atoms with E-state index in [2.05, 4.69) is 12.2 Å². The fourth-order valence-corrected chi connectivity index (χ4v) is 2.30. The minimum absolute atomic E-state index is 0.255. The van der Waals surface area contributed by atoms with Gasteiger partial charge in [0.1, 0.15) is 0 Å². The van der Waals surface area contributed by atoms with Crippen LogP contribution in [0.15, 0.2) is 18.2 Å². The molecular formula is C13H17NO2. The molecule has 1 aliphatic carbocycles. The summed E-state index contributed by atoms with van der Waals surface area (Å²) in [7, 11) is 1.41. The molecule has 0 bridgehead atoms. The molecule has 1 atom stereocenters. The number of likely N-dealkylation sites (N-methyl/N-ethyl adjacent to an activating group) is 1. The smallest absolute Gasteiger partial charge is 0.337 e. The Morgan fingerprint density at radius 2 is 2.19 bits per heavy atom. The van der Waals surface area contributed by atoms with Crippen LogP contribution in [0, 0.1) is 0 Å². The van der Waals surface area contributed by atoms with Crippen molar-refractivity contribution in [3.8, 4) is 0 Å². The van der Waals surface area contributed by atoms with Gasteiger partial charge in [0.05, 0.1) is 12.7 Å². The minimum atomic E-state index is -0.255. The molecule has 3 nitrogen and oxygen atoms in total. The van der Waals surface area contributed by atoms with Crippen LogP contribution in [0.3, 0.4) is 0 Å². The number of hydrogen-bond acceptors (Lipinski definition) is 3. The molecule has 0 unspecified atom stereocenters. The van der Waals surface area contributed by atoms with Crippen molar-refractivity contribution in [3.05, 3.63) is 34.9 Å². The van der Waals surface area contributed by atoms with Crippen LogP contribution >= 0.6 is 0 Å². The van der Waals surface area contributed by atoms with Crippen LogP contribution in [0.25, 0.3) is 0 Å². The molecule has 86 valence electrons. The molecule has 0 heterocycles. The summed E-state index contributed by atoms with van der Waals surface area (Å²) in [5.41, 5.74) is 3.27. The van der Waals surface area contributed by atoms with Crippen LogP contribution in [0.4, 0.5) is 0 Å². The third-order valence-corrected chi connectivity index (χ3v) is 3.05. The summed E-state index contributed by atoms with van der Waals surface area (Å²) < 4.78 is 4.72. The zero-order valence-corrected chi connectivity index (χ0v) is 9.75. The predicted molar refractivity (Wildman–Crippen MR) is 62.7 cm³/mol. The van der Waals surface area contributed by atoms with Crippen LogP contribution in [0.2, 0.25) is 0 Å². The second kappa shape index (κ2) is 4.66. The fourth-order valence-electron chi connectivity index (χ4n) is 2.30. The van der Waals surface area contributed by atoms with Gasteiger partial charge >= 0.3 is 5.97 Å². The number of ether oxygens (including phenoxy) is 1. The maximum Gasteiger partial charge on any atom is 0.337 e. The van der Waals surface area contributed by atoms with E-state index in [1.165, 1.54) is 18.2 Å². The van der Waals surface area contributed by atoms with Crippen molar-refractivity contribution in [1.29, 1.82) is 0 Å². The van der Waals surface area contributed by atoms with Crippen LogP contribution in [0.5, 0.6) is 0 Å². The maximum absolute atomic E-state index is 11.4. The molecule has 0 radical (unpaired) electrons. The Balaban J connectivity index is 2.17. The van der Waals surface area contributed by atoms with Gasteiger partial charge < -0.3 is 10.1 Å². The number of hydrogen-bond donors (Lipinski definition) is 1. The molecule has 0 amide bonds. The average molecular weight is 219 g/mol. The van der Waals surface area contributed by atoms with E-state index in [9.17, 15) is 4.79 Å². The van der Waals surface area contributed by atoms with Crippen molar-refractivity contribution in [3.63, 3.8) is 0 Å². The highest BCUT2D eigenvalue weighted by Crippen LogP contribution is 2.23. The Morgan fingerprint density at radius 1 is 1.44 bits per heavy atom. The molecule has 16 heavy (non-hydrogen) atoms. The van der Waals surface area contributed by atoms with Gasteiger partial charge in [0.25, 0.3) is 0 Å². The molecule has 1 aromatic carbocycles. The number of nitrogens with one attached hydrogen (secondary N) is 1. The van der Waals surface area contributed by atoms with E-state index in [4.69, 9.17) is 4.74 Å². The first kappa shape index (κ1) is 11.1. The van der Waals surface area contributed by atoms with Crippen molar-refractivity contribution in [2.75, 3.05) is 13.7 Å². The van der Waals surface area contributed by atoms with Gasteiger partial charge in [0.2, 0.25) is 0 Å². The standard InChI is InChI=1S/C13H17NO2/c1-3-14-12-7-9-4-5-10(13(15)16-2)6-11(9)8-12/h4-6,12,14H,3,7-8H2,1-2H3/t12-/m1/s1. The first-order valence-electron chi connectivity index (χ1n) is 5.68. The minimum Gasteiger partial charge on any atom is -0.465 e. The first-order chi connectivity index (χ1) is 7.74. The Labute approximate surface area is 95.8 Å². The summed E-state index contributed by atoms with van der Waals surface area (Å²) in [6, 6.07) is 6.36. The predicted octanol–water partition coefficient (Wildman–Crippen LogP) is 1.55. The van der Waals surface area contributed by atoms with Crippen molar-refractivity contribution in [2.45, 2.75) is 25.8 Å². The normalized spacial score (nSPS) is 18.2. The van der Waals surface area contributed by atoms with E-state index in [1.807, 2.05) is 18.2 Å². The lowest BCUT2D eigenvalue weighted by Crippen LogP contribution is -2.28. The fraction of sp³-hybridized carbons (Fsp3) is 0.462. The average Bonchev–Trinajstić information content (AvgIpc) is 2.69. The number of fused-ring (bicyclic) bond motifs is 1. The third kappa shape index (κ3) is 2.09. The summed E-state index contributed by atoms with van der Waals surface area (Å²) in [4.78, 5) is 11.4. The molecule has 0 aromatic heterocycles. The van der Waals surface area contributed by atoms with Gasteiger partial charge in [-0.1, -0.05) is 13.0 Å². The second-order valence-corrected chi connectivity index (χ2v) is 4.14. The number of methoxy groups -OCH3 is 1. The van der Waals surface area contributed by atoms with Gasteiger partial charge in [0, 0.05) is 6.04 Å². The van der Waals surface area contributed by atoms with E-state index in [0.29, 0.717) is 11.6 Å². The van der Waals surface area contributed by atoms with E-state index in [1.54, 1.807) is 0 Å². The SMILES string of the molecule is CCN[C@@H]1Cc2ccc(C(=O)OC)cc2C1. The highest BCUT2D eigenvalue weighted by atomic mass is 16.5. The lowest BCUT2D eigenvalue weighted by molar-refractivity contribution is 0.0600. The highest BCUT2D eigenvalue weighted by molar-refractivity contribution is 5.89. The number of carbonyl (C=O) groups excluding carboxylic acids is 1. The summed E-state index contributed by atoms with van der Waals surface area (Å²) >= 11 is 0. The summed E-state index contributed by atoms with van der Waals surface area (Å²) in [5.74, 6) is -0.255. The number of rotatable bonds is 3. The van der Waals surface area contributed by atoms with E-state index < -0.39 is 0 Å². The number of esters is 1. The number of benzene rings is 1. The zero-order valence-electron chi connectivity index (χ0n) is 9.75. The van der Waals surface area contributed by atoms with Crippen molar-refractivity contribution in [1.82, 2.24) is 5.32 Å². The largest absolute Gasteiger partial charge is 0.465 e. The second-order valence-electron chi connectivity index (χ2n) is 4.14. The Bertz CT molecular complexity index is 401. The van der Waals surface area contributed by atoms with Crippen LogP contribution in [0.1, 0.15) is 28.4 Å². The molecule has 0 spiro atoms. The lowest BCUT2D eigenvalue weighted by atomic mass is 10.1. The molecule has 1 aliphatic rings. The quantitative estimate of drug-likeness (QED) is 0.784. The monoisotopic (exact) mass is 219 g/mol. The highest BCUT2D eigenvalue weighted by Gasteiger charge is 2.21. The van der Waals surface area contributed by atoms with E-state index >= 15 is 0 Å². The number of carbonyl (C=O) groups is 1. The van der Waals surface area contributed by atoms with Crippen LogP contribution in [-0.4, -0.2) is 25.7 Å². The molecule has 0 saturated carbocycles. The molecule has 0 aliphatic heterocycles. The van der Waals surface area contributed by atoms with Gasteiger partial charge in [-0.15, -0.1) is 0 Å². The molecular weight excluding hydrogens is 202 g/mol. The van der Waals surface area contributed by atoms with Crippen LogP contribution < -0.4 is 5.32 Å². The summed E-state index contributed by atoms with van der Waals surface area (Å²) in [6.45, 7) is 3.10. The summed E-state index contributed by atoms with van der Waals surface area (Å²) in [5, 5.41) is 3.44. The first-order valence-corrected chi connectivity index (χ1v) is 5.68. The van der Waals surface area contributed by atoms with E-state index in [-0.39, 0.29) is 5.97 Å². The van der Waals surface area contributed by atoms with Gasteiger partial charge in [-0.05, 0) is 42.6 Å². The third-order valence-electron chi connectivity index (χ3n) is 3.05. The Morgan fingerprint density at radius 3 is 2.88 bits per heavy atom. The van der Waals surface area contributed by atoms with Gasteiger partial charge in [-0.25, -0.2) is 4.79 Å². The molecule has 3 heteroatoms. The van der Waals surface area contributed by atoms with Crippen molar-refractivity contribution in [2.24, 2.45) is 0 Å². The molecule has 1 N–H and O–H groups in total. The van der Waals surface area contributed by atoms with E-state index in [0.717, 1.165) is 19.4 Å². The molecule has 2 rings (SSSR count). The maximum atomic E-state index is 11.4. The molecule has 0 fully saturated rings.